The summed E-state index contributed by atoms with van der Waals surface area (Å²) in [4.78, 5) is 0. The van der Waals surface area contributed by atoms with Crippen LogP contribution in [-0.2, 0) is 0 Å². The van der Waals surface area contributed by atoms with Crippen molar-refractivity contribution in [2.75, 3.05) is 0 Å². The summed E-state index contributed by atoms with van der Waals surface area (Å²) in [7, 11) is 0. The van der Waals surface area contributed by atoms with Crippen molar-refractivity contribution in [2.24, 2.45) is 16.5 Å². The second-order valence-corrected chi connectivity index (χ2v) is 4.78. The van der Waals surface area contributed by atoms with Gasteiger partial charge in [0.2, 0.25) is 0 Å². The molecule has 1 aliphatic carbocycles. The molecule has 1 N–H and O–H groups in total. The third-order valence-corrected chi connectivity index (χ3v) is 3.72. The molecule has 0 aromatic carbocycles. The summed E-state index contributed by atoms with van der Waals surface area (Å²) >= 11 is 0. The molecule has 0 aromatic heterocycles. The Morgan fingerprint density at radius 2 is 1.92 bits per heavy atom. The maximum Gasteiger partial charge on any atom is 0.0571 e. The highest BCUT2D eigenvalue weighted by molar-refractivity contribution is 5.84. The Bertz CT molecular complexity index is 186. The lowest BCUT2D eigenvalue weighted by atomic mass is 9.69. The lowest BCUT2D eigenvalue weighted by molar-refractivity contribution is 0.174. The predicted molar refractivity (Wildman–Crippen MR) is 55.3 cm³/mol. The van der Waals surface area contributed by atoms with Crippen molar-refractivity contribution in [3.8, 4) is 0 Å². The molecule has 0 bridgehead atoms. The molecule has 1 saturated carbocycles. The van der Waals surface area contributed by atoms with Crippen molar-refractivity contribution in [3.63, 3.8) is 0 Å². The van der Waals surface area contributed by atoms with Crippen LogP contribution in [0.1, 0.15) is 52.9 Å². The molecule has 0 aromatic rings. The van der Waals surface area contributed by atoms with E-state index >= 15 is 0 Å². The summed E-state index contributed by atoms with van der Waals surface area (Å²) in [5.41, 5.74) is 1.45. The molecule has 2 nitrogen and oxygen atoms in total. The standard InChI is InChI=1S/C11H21NO/c1-4-11(2,3)9-5-7-10(12-13)8-6-9/h9,13H,4-8H2,1-3H3. The van der Waals surface area contributed by atoms with Gasteiger partial charge in [0.05, 0.1) is 5.71 Å². The first-order valence-corrected chi connectivity index (χ1v) is 5.30. The van der Waals surface area contributed by atoms with Gasteiger partial charge in [0.1, 0.15) is 0 Å². The van der Waals surface area contributed by atoms with E-state index in [-0.39, 0.29) is 0 Å². The Morgan fingerprint density at radius 1 is 1.38 bits per heavy atom. The van der Waals surface area contributed by atoms with Gasteiger partial charge in [-0.05, 0) is 37.0 Å². The molecule has 13 heavy (non-hydrogen) atoms. The van der Waals surface area contributed by atoms with Crippen molar-refractivity contribution in [1.29, 1.82) is 0 Å². The zero-order valence-corrected chi connectivity index (χ0v) is 9.01. The monoisotopic (exact) mass is 183 g/mol. The van der Waals surface area contributed by atoms with Crippen LogP contribution in [0.2, 0.25) is 0 Å². The minimum absolute atomic E-state index is 0.459. The molecule has 0 heterocycles. The number of hydrogen-bond acceptors (Lipinski definition) is 2. The second-order valence-electron chi connectivity index (χ2n) is 4.78. The predicted octanol–water partition coefficient (Wildman–Crippen LogP) is 3.44. The van der Waals surface area contributed by atoms with Crippen LogP contribution in [0.15, 0.2) is 5.16 Å². The summed E-state index contributed by atoms with van der Waals surface area (Å²) in [5.74, 6) is 0.808. The quantitative estimate of drug-likeness (QED) is 0.516. The smallest absolute Gasteiger partial charge is 0.0571 e. The first-order chi connectivity index (χ1) is 6.10. The fourth-order valence-electron chi connectivity index (χ4n) is 2.12. The van der Waals surface area contributed by atoms with E-state index in [9.17, 15) is 0 Å². The molecule has 1 rings (SSSR count). The lowest BCUT2D eigenvalue weighted by Gasteiger charge is -2.36. The lowest BCUT2D eigenvalue weighted by Crippen LogP contribution is -2.27. The summed E-state index contributed by atoms with van der Waals surface area (Å²) in [5, 5.41) is 11.9. The van der Waals surface area contributed by atoms with Crippen molar-refractivity contribution >= 4 is 5.71 Å². The topological polar surface area (TPSA) is 32.6 Å². The Kier molecular flexibility index (Phi) is 3.34. The summed E-state index contributed by atoms with van der Waals surface area (Å²) in [6, 6.07) is 0. The maximum absolute atomic E-state index is 8.63. The van der Waals surface area contributed by atoms with E-state index in [1.165, 1.54) is 19.3 Å². The zero-order chi connectivity index (χ0) is 9.90. The van der Waals surface area contributed by atoms with Gasteiger partial charge in [-0.15, -0.1) is 0 Å². The first-order valence-electron chi connectivity index (χ1n) is 5.30. The van der Waals surface area contributed by atoms with Gasteiger partial charge in [0, 0.05) is 0 Å². The van der Waals surface area contributed by atoms with E-state index in [0.717, 1.165) is 24.5 Å². The van der Waals surface area contributed by atoms with E-state index in [1.54, 1.807) is 0 Å². The van der Waals surface area contributed by atoms with Crippen molar-refractivity contribution in [2.45, 2.75) is 52.9 Å². The second kappa shape index (κ2) is 4.12. The molecule has 0 saturated heterocycles. The third kappa shape index (κ3) is 2.45. The van der Waals surface area contributed by atoms with E-state index in [1.807, 2.05) is 0 Å². The highest BCUT2D eigenvalue weighted by atomic mass is 16.4. The average Bonchev–Trinajstić information content (AvgIpc) is 2.18. The molecular formula is C11H21NO. The van der Waals surface area contributed by atoms with Gasteiger partial charge in [-0.25, -0.2) is 0 Å². The molecule has 1 aliphatic rings. The molecule has 0 aliphatic heterocycles. The fraction of sp³-hybridized carbons (Fsp3) is 0.909. The molecule has 0 atom stereocenters. The molecule has 0 amide bonds. The average molecular weight is 183 g/mol. The maximum atomic E-state index is 8.63. The van der Waals surface area contributed by atoms with Crippen LogP contribution in [-0.4, -0.2) is 10.9 Å². The van der Waals surface area contributed by atoms with Gasteiger partial charge in [-0.1, -0.05) is 32.3 Å². The Balaban J connectivity index is 2.50. The normalized spacial score (nSPS) is 24.5. The summed E-state index contributed by atoms with van der Waals surface area (Å²) in [6.07, 6.45) is 5.61. The van der Waals surface area contributed by atoms with Crippen LogP contribution < -0.4 is 0 Å². The Morgan fingerprint density at radius 3 is 2.31 bits per heavy atom. The minimum atomic E-state index is 0.459. The number of oxime groups is 1. The van der Waals surface area contributed by atoms with Gasteiger partial charge >= 0.3 is 0 Å². The number of rotatable bonds is 2. The molecule has 76 valence electrons. The SMILES string of the molecule is CCC(C)(C)C1CCC(=NO)CC1. The highest BCUT2D eigenvalue weighted by Gasteiger charge is 2.30. The molecule has 0 unspecified atom stereocenters. The zero-order valence-electron chi connectivity index (χ0n) is 9.01. The Labute approximate surface area is 81.0 Å². The van der Waals surface area contributed by atoms with Crippen LogP contribution in [0.4, 0.5) is 0 Å². The van der Waals surface area contributed by atoms with Gasteiger partial charge in [-0.3, -0.25) is 0 Å². The van der Waals surface area contributed by atoms with Gasteiger partial charge < -0.3 is 5.21 Å². The van der Waals surface area contributed by atoms with E-state index in [2.05, 4.69) is 25.9 Å². The third-order valence-electron chi connectivity index (χ3n) is 3.72. The fourth-order valence-corrected chi connectivity index (χ4v) is 2.12. The van der Waals surface area contributed by atoms with Gasteiger partial charge in [-0.2, -0.15) is 0 Å². The summed E-state index contributed by atoms with van der Waals surface area (Å²) in [6.45, 7) is 6.95. The van der Waals surface area contributed by atoms with Crippen LogP contribution >= 0.6 is 0 Å². The summed E-state index contributed by atoms with van der Waals surface area (Å²) < 4.78 is 0. The minimum Gasteiger partial charge on any atom is -0.411 e. The van der Waals surface area contributed by atoms with Crippen molar-refractivity contribution in [3.05, 3.63) is 0 Å². The van der Waals surface area contributed by atoms with Crippen LogP contribution in [0.25, 0.3) is 0 Å². The van der Waals surface area contributed by atoms with E-state index in [4.69, 9.17) is 5.21 Å². The molecule has 0 radical (unpaired) electrons. The Hall–Kier alpha value is -0.530. The van der Waals surface area contributed by atoms with Crippen molar-refractivity contribution < 1.29 is 5.21 Å². The van der Waals surface area contributed by atoms with Gasteiger partial charge in [0.25, 0.3) is 0 Å². The highest BCUT2D eigenvalue weighted by Crippen LogP contribution is 2.39. The largest absolute Gasteiger partial charge is 0.411 e. The van der Waals surface area contributed by atoms with Gasteiger partial charge in [0.15, 0.2) is 0 Å². The van der Waals surface area contributed by atoms with E-state index in [0.29, 0.717) is 5.41 Å². The van der Waals surface area contributed by atoms with E-state index < -0.39 is 0 Å². The molecule has 0 spiro atoms. The van der Waals surface area contributed by atoms with Crippen LogP contribution in [0.5, 0.6) is 0 Å². The number of nitrogens with zero attached hydrogens (tertiary/aromatic N) is 1. The van der Waals surface area contributed by atoms with Crippen LogP contribution in [0.3, 0.4) is 0 Å². The first kappa shape index (κ1) is 10.6. The molecular weight excluding hydrogens is 162 g/mol. The van der Waals surface area contributed by atoms with Crippen molar-refractivity contribution in [1.82, 2.24) is 0 Å². The molecule has 2 heteroatoms. The molecule has 1 fully saturated rings. The number of hydrogen-bond donors (Lipinski definition) is 1. The van der Waals surface area contributed by atoms with Crippen LogP contribution in [0, 0.1) is 11.3 Å².